The van der Waals surface area contributed by atoms with E-state index in [0.29, 0.717) is 12.2 Å². The van der Waals surface area contributed by atoms with Crippen LogP contribution in [0.15, 0.2) is 42.5 Å². The summed E-state index contributed by atoms with van der Waals surface area (Å²) in [7, 11) is 0. The zero-order chi connectivity index (χ0) is 17.0. The van der Waals surface area contributed by atoms with Crippen molar-refractivity contribution >= 4 is 5.97 Å². The van der Waals surface area contributed by atoms with Crippen LogP contribution < -0.4 is 4.74 Å². The van der Waals surface area contributed by atoms with Gasteiger partial charge in [-0.2, -0.15) is 0 Å². The number of para-hydroxylation sites is 1. The lowest BCUT2D eigenvalue weighted by molar-refractivity contribution is -0.145. The van der Waals surface area contributed by atoms with Crippen molar-refractivity contribution in [3.8, 4) is 5.75 Å². The minimum atomic E-state index is -0.939. The highest BCUT2D eigenvalue weighted by atomic mass is 16.5. The standard InChI is InChI=1S/C20H24O3/c1-13(2)16-10-5-6-11-18(16)23-19(20(21)22)12-17-14(3)8-7-9-15(17)4/h5-11,13,19H,12H2,1-4H3,(H,21,22). The lowest BCUT2D eigenvalue weighted by Gasteiger charge is -2.20. The van der Waals surface area contributed by atoms with E-state index in [2.05, 4.69) is 13.8 Å². The van der Waals surface area contributed by atoms with E-state index in [0.717, 1.165) is 22.3 Å². The third-order valence-electron chi connectivity index (χ3n) is 4.12. The highest BCUT2D eigenvalue weighted by Crippen LogP contribution is 2.28. The van der Waals surface area contributed by atoms with Gasteiger partial charge in [-0.15, -0.1) is 0 Å². The molecule has 1 unspecified atom stereocenters. The van der Waals surface area contributed by atoms with Crippen molar-refractivity contribution in [2.24, 2.45) is 0 Å². The van der Waals surface area contributed by atoms with Crippen molar-refractivity contribution in [3.05, 3.63) is 64.7 Å². The Hall–Kier alpha value is -2.29. The predicted octanol–water partition coefficient (Wildman–Crippen LogP) is 4.50. The lowest BCUT2D eigenvalue weighted by Crippen LogP contribution is -2.30. The quantitative estimate of drug-likeness (QED) is 0.854. The van der Waals surface area contributed by atoms with Gasteiger partial charge in [0.15, 0.2) is 6.10 Å². The molecule has 0 spiro atoms. The average molecular weight is 312 g/mol. The van der Waals surface area contributed by atoms with Crippen molar-refractivity contribution in [2.45, 2.75) is 46.1 Å². The molecule has 23 heavy (non-hydrogen) atoms. The molecule has 0 aliphatic heterocycles. The van der Waals surface area contributed by atoms with Gasteiger partial charge in [0, 0.05) is 6.42 Å². The van der Waals surface area contributed by atoms with Crippen LogP contribution in [-0.4, -0.2) is 17.2 Å². The molecule has 1 N–H and O–H groups in total. The number of carbonyl (C=O) groups is 1. The van der Waals surface area contributed by atoms with Crippen molar-refractivity contribution in [1.29, 1.82) is 0 Å². The second kappa shape index (κ2) is 7.32. The normalized spacial score (nSPS) is 12.2. The van der Waals surface area contributed by atoms with Crippen LogP contribution in [-0.2, 0) is 11.2 Å². The molecule has 0 aliphatic carbocycles. The maximum absolute atomic E-state index is 11.7. The summed E-state index contributed by atoms with van der Waals surface area (Å²) < 4.78 is 5.88. The van der Waals surface area contributed by atoms with Gasteiger partial charge in [0.25, 0.3) is 0 Å². The van der Waals surface area contributed by atoms with E-state index in [1.807, 2.05) is 56.3 Å². The van der Waals surface area contributed by atoms with E-state index < -0.39 is 12.1 Å². The number of aliphatic carboxylic acids is 1. The Labute approximate surface area is 137 Å². The Kier molecular flexibility index (Phi) is 5.43. The van der Waals surface area contributed by atoms with Gasteiger partial charge < -0.3 is 9.84 Å². The Balaban J connectivity index is 2.29. The molecule has 0 amide bonds. The summed E-state index contributed by atoms with van der Waals surface area (Å²) in [4.78, 5) is 11.7. The molecule has 2 aromatic rings. The van der Waals surface area contributed by atoms with E-state index in [-0.39, 0.29) is 5.92 Å². The Morgan fingerprint density at radius 2 is 1.65 bits per heavy atom. The summed E-state index contributed by atoms with van der Waals surface area (Å²) in [5, 5.41) is 9.58. The van der Waals surface area contributed by atoms with Crippen molar-refractivity contribution in [3.63, 3.8) is 0 Å². The van der Waals surface area contributed by atoms with E-state index in [1.165, 1.54) is 0 Å². The van der Waals surface area contributed by atoms with Gasteiger partial charge in [-0.25, -0.2) is 4.79 Å². The molecule has 1 atom stereocenters. The highest BCUT2D eigenvalue weighted by Gasteiger charge is 2.23. The number of aryl methyl sites for hydroxylation is 2. The first kappa shape index (κ1) is 17.1. The molecule has 0 saturated heterocycles. The van der Waals surface area contributed by atoms with Crippen molar-refractivity contribution < 1.29 is 14.6 Å². The van der Waals surface area contributed by atoms with Crippen LogP contribution in [0.25, 0.3) is 0 Å². The molecule has 3 heteroatoms. The molecule has 0 saturated carbocycles. The van der Waals surface area contributed by atoms with Crippen molar-refractivity contribution in [1.82, 2.24) is 0 Å². The van der Waals surface area contributed by atoms with Crippen LogP contribution in [0.1, 0.15) is 42.0 Å². The third kappa shape index (κ3) is 4.13. The predicted molar refractivity (Wildman–Crippen MR) is 92.2 cm³/mol. The van der Waals surface area contributed by atoms with Gasteiger partial charge in [0.05, 0.1) is 0 Å². The van der Waals surface area contributed by atoms with Gasteiger partial charge in [-0.1, -0.05) is 50.2 Å². The summed E-state index contributed by atoms with van der Waals surface area (Å²) in [5.74, 6) is -0.00630. The monoisotopic (exact) mass is 312 g/mol. The molecule has 122 valence electrons. The molecule has 2 aromatic carbocycles. The topological polar surface area (TPSA) is 46.5 Å². The fourth-order valence-electron chi connectivity index (χ4n) is 2.75. The first-order valence-corrected chi connectivity index (χ1v) is 7.93. The first-order chi connectivity index (χ1) is 10.9. The summed E-state index contributed by atoms with van der Waals surface area (Å²) in [6, 6.07) is 13.6. The van der Waals surface area contributed by atoms with E-state index in [9.17, 15) is 9.90 Å². The molecule has 0 aliphatic rings. The molecule has 2 rings (SSSR count). The number of rotatable bonds is 6. The van der Waals surface area contributed by atoms with E-state index in [1.54, 1.807) is 0 Å². The van der Waals surface area contributed by atoms with Gasteiger partial charge in [-0.05, 0) is 48.1 Å². The van der Waals surface area contributed by atoms with Gasteiger partial charge in [0.1, 0.15) is 5.75 Å². The maximum Gasteiger partial charge on any atom is 0.345 e. The Morgan fingerprint density at radius 1 is 1.04 bits per heavy atom. The molecule has 0 bridgehead atoms. The van der Waals surface area contributed by atoms with Crippen LogP contribution in [0.2, 0.25) is 0 Å². The van der Waals surface area contributed by atoms with E-state index in [4.69, 9.17) is 4.74 Å². The SMILES string of the molecule is Cc1cccc(C)c1CC(Oc1ccccc1C(C)C)C(=O)O. The van der Waals surface area contributed by atoms with E-state index >= 15 is 0 Å². The molecule has 0 heterocycles. The van der Waals surface area contributed by atoms with Crippen LogP contribution >= 0.6 is 0 Å². The lowest BCUT2D eigenvalue weighted by atomic mass is 9.97. The van der Waals surface area contributed by atoms with Crippen LogP contribution in [0.4, 0.5) is 0 Å². The van der Waals surface area contributed by atoms with Crippen LogP contribution in [0.5, 0.6) is 5.75 Å². The largest absolute Gasteiger partial charge is 0.478 e. The van der Waals surface area contributed by atoms with Gasteiger partial charge >= 0.3 is 5.97 Å². The molecular weight excluding hydrogens is 288 g/mol. The Morgan fingerprint density at radius 3 is 2.22 bits per heavy atom. The molecule has 0 aromatic heterocycles. The molecular formula is C20H24O3. The summed E-state index contributed by atoms with van der Waals surface area (Å²) in [5.41, 5.74) is 4.26. The number of carboxylic acids is 1. The second-order valence-electron chi connectivity index (χ2n) is 6.21. The smallest absolute Gasteiger partial charge is 0.345 e. The maximum atomic E-state index is 11.7. The van der Waals surface area contributed by atoms with Crippen LogP contribution in [0.3, 0.4) is 0 Å². The van der Waals surface area contributed by atoms with Crippen molar-refractivity contribution in [2.75, 3.05) is 0 Å². The highest BCUT2D eigenvalue weighted by molar-refractivity contribution is 5.73. The fourth-order valence-corrected chi connectivity index (χ4v) is 2.75. The zero-order valence-electron chi connectivity index (χ0n) is 14.2. The number of hydrogen-bond acceptors (Lipinski definition) is 2. The van der Waals surface area contributed by atoms with Gasteiger partial charge in [0.2, 0.25) is 0 Å². The summed E-state index contributed by atoms with van der Waals surface area (Å²) in [6.45, 7) is 8.15. The molecule has 0 radical (unpaired) electrons. The number of benzene rings is 2. The average Bonchev–Trinajstić information content (AvgIpc) is 2.50. The van der Waals surface area contributed by atoms with Crippen LogP contribution in [0, 0.1) is 13.8 Å². The number of carboxylic acid groups (broad SMARTS) is 1. The number of ether oxygens (including phenoxy) is 1. The first-order valence-electron chi connectivity index (χ1n) is 7.93. The van der Waals surface area contributed by atoms with Gasteiger partial charge in [-0.3, -0.25) is 0 Å². The summed E-state index contributed by atoms with van der Waals surface area (Å²) in [6.07, 6.45) is -0.532. The minimum absolute atomic E-state index is 0.279. The summed E-state index contributed by atoms with van der Waals surface area (Å²) >= 11 is 0. The zero-order valence-corrected chi connectivity index (χ0v) is 14.2. The third-order valence-corrected chi connectivity index (χ3v) is 4.12. The fraction of sp³-hybridized carbons (Fsp3) is 0.350. The second-order valence-corrected chi connectivity index (χ2v) is 6.21. The number of hydrogen-bond donors (Lipinski definition) is 1. The molecule has 3 nitrogen and oxygen atoms in total. The Bertz CT molecular complexity index is 669. The molecule has 0 fully saturated rings. The minimum Gasteiger partial charge on any atom is -0.478 e.